The Kier molecular flexibility index (Phi) is 7.09. The Hall–Kier alpha value is -2.26. The maximum absolute atomic E-state index is 12.6. The summed E-state index contributed by atoms with van der Waals surface area (Å²) in [6.45, 7) is 2.72. The number of rotatable bonds is 6. The molecule has 5 nitrogen and oxygen atoms in total. The summed E-state index contributed by atoms with van der Waals surface area (Å²) in [6.07, 6.45) is 0.666. The molecule has 0 aliphatic rings. The Labute approximate surface area is 165 Å². The number of ether oxygens (including phenoxy) is 2. The zero-order chi connectivity index (χ0) is 20.1. The van der Waals surface area contributed by atoms with Gasteiger partial charge in [0.15, 0.2) is 5.11 Å². The minimum atomic E-state index is -2.95. The zero-order valence-corrected chi connectivity index (χ0v) is 16.9. The molecule has 146 valence electrons. The number of anilines is 2. The third-order valence-electron chi connectivity index (χ3n) is 3.78. The first-order chi connectivity index (χ1) is 12.8. The van der Waals surface area contributed by atoms with E-state index in [-0.39, 0.29) is 10.9 Å². The molecule has 27 heavy (non-hydrogen) atoms. The molecular formula is C18H20F2N2O3S2. The molecule has 0 radical (unpaired) electrons. The third kappa shape index (κ3) is 5.14. The smallest absolute Gasteiger partial charge is 0.387 e. The van der Waals surface area contributed by atoms with E-state index in [1.165, 1.54) is 24.5 Å². The highest BCUT2D eigenvalue weighted by Gasteiger charge is 2.22. The van der Waals surface area contributed by atoms with Gasteiger partial charge < -0.3 is 20.1 Å². The molecule has 0 fully saturated rings. The average Bonchev–Trinajstić information content (AvgIpc) is 2.91. The summed E-state index contributed by atoms with van der Waals surface area (Å²) >= 11 is 6.67. The van der Waals surface area contributed by atoms with Crippen molar-refractivity contribution in [2.75, 3.05) is 17.7 Å². The fraction of sp³-hybridized carbons (Fsp3) is 0.333. The largest absolute Gasteiger partial charge is 0.465 e. The highest BCUT2D eigenvalue weighted by atomic mass is 32.1. The van der Waals surface area contributed by atoms with Gasteiger partial charge in [-0.3, -0.25) is 0 Å². The number of hydrogen-bond acceptors (Lipinski definition) is 5. The van der Waals surface area contributed by atoms with Crippen LogP contribution in [0.1, 0.15) is 33.3 Å². The molecule has 2 aromatic rings. The van der Waals surface area contributed by atoms with Crippen LogP contribution >= 0.6 is 23.6 Å². The normalized spacial score (nSPS) is 10.6. The molecule has 0 amide bonds. The molecule has 0 spiro atoms. The lowest BCUT2D eigenvalue weighted by Crippen LogP contribution is -2.21. The number of aryl methyl sites for hydroxylation is 2. The maximum atomic E-state index is 12.6. The van der Waals surface area contributed by atoms with Gasteiger partial charge in [0.05, 0.1) is 18.4 Å². The van der Waals surface area contributed by atoms with Gasteiger partial charge in [-0.05, 0) is 55.7 Å². The second-order valence-electron chi connectivity index (χ2n) is 5.64. The predicted molar refractivity (Wildman–Crippen MR) is 107 cm³/mol. The molecule has 1 aromatic heterocycles. The summed E-state index contributed by atoms with van der Waals surface area (Å²) in [5.74, 6) is -0.483. The van der Waals surface area contributed by atoms with Crippen LogP contribution in [0.25, 0.3) is 0 Å². The SMILES string of the molecule is CCc1c(C)sc(NC(=S)Nc2cc(C)ccc2OC(F)F)c1C(=O)OC. The molecule has 1 aromatic carbocycles. The molecule has 0 aliphatic heterocycles. The Bertz CT molecular complexity index is 853. The molecular weight excluding hydrogens is 394 g/mol. The highest BCUT2D eigenvalue weighted by Crippen LogP contribution is 2.34. The van der Waals surface area contributed by atoms with E-state index in [2.05, 4.69) is 15.4 Å². The van der Waals surface area contributed by atoms with Crippen LogP contribution in [0.4, 0.5) is 19.5 Å². The number of methoxy groups -OCH3 is 1. The number of carbonyl (C=O) groups is 1. The highest BCUT2D eigenvalue weighted by molar-refractivity contribution is 7.80. The first-order valence-electron chi connectivity index (χ1n) is 8.10. The summed E-state index contributed by atoms with van der Waals surface area (Å²) in [7, 11) is 1.32. The van der Waals surface area contributed by atoms with Crippen molar-refractivity contribution in [3.8, 4) is 5.75 Å². The van der Waals surface area contributed by atoms with E-state index in [4.69, 9.17) is 17.0 Å². The summed E-state index contributed by atoms with van der Waals surface area (Å²) in [5.41, 5.74) is 2.46. The second-order valence-corrected chi connectivity index (χ2v) is 7.28. The van der Waals surface area contributed by atoms with Crippen LogP contribution in [0.5, 0.6) is 5.75 Å². The zero-order valence-electron chi connectivity index (χ0n) is 15.3. The van der Waals surface area contributed by atoms with Gasteiger partial charge in [0, 0.05) is 4.88 Å². The van der Waals surface area contributed by atoms with E-state index < -0.39 is 12.6 Å². The van der Waals surface area contributed by atoms with Crippen LogP contribution in [-0.2, 0) is 11.2 Å². The summed E-state index contributed by atoms with van der Waals surface area (Å²) in [4.78, 5) is 13.1. The lowest BCUT2D eigenvalue weighted by atomic mass is 10.1. The quantitative estimate of drug-likeness (QED) is 0.505. The predicted octanol–water partition coefficient (Wildman–Crippen LogP) is 5.12. The molecule has 9 heteroatoms. The average molecular weight is 414 g/mol. The number of esters is 1. The first-order valence-corrected chi connectivity index (χ1v) is 9.33. The molecule has 0 saturated carbocycles. The van der Waals surface area contributed by atoms with Gasteiger partial charge in [0.2, 0.25) is 0 Å². The minimum Gasteiger partial charge on any atom is -0.465 e. The van der Waals surface area contributed by atoms with Crippen LogP contribution < -0.4 is 15.4 Å². The molecule has 2 N–H and O–H groups in total. The molecule has 0 unspecified atom stereocenters. The van der Waals surface area contributed by atoms with Crippen LogP contribution in [0.3, 0.4) is 0 Å². The van der Waals surface area contributed by atoms with Gasteiger partial charge in [-0.25, -0.2) is 4.79 Å². The lowest BCUT2D eigenvalue weighted by molar-refractivity contribution is -0.0493. The first kappa shape index (κ1) is 21.0. The van der Waals surface area contributed by atoms with Crippen molar-refractivity contribution in [3.63, 3.8) is 0 Å². The Balaban J connectivity index is 2.27. The monoisotopic (exact) mass is 414 g/mol. The summed E-state index contributed by atoms with van der Waals surface area (Å²) < 4.78 is 34.6. The van der Waals surface area contributed by atoms with Crippen molar-refractivity contribution in [3.05, 3.63) is 39.8 Å². The van der Waals surface area contributed by atoms with Gasteiger partial charge in [0.1, 0.15) is 10.8 Å². The van der Waals surface area contributed by atoms with E-state index in [1.807, 2.05) is 20.8 Å². The van der Waals surface area contributed by atoms with Crippen molar-refractivity contribution >= 4 is 45.3 Å². The Morgan fingerprint density at radius 1 is 1.30 bits per heavy atom. The maximum Gasteiger partial charge on any atom is 0.387 e. The van der Waals surface area contributed by atoms with Gasteiger partial charge in [0.25, 0.3) is 0 Å². The van der Waals surface area contributed by atoms with Crippen molar-refractivity contribution in [1.29, 1.82) is 0 Å². The Morgan fingerprint density at radius 3 is 2.59 bits per heavy atom. The van der Waals surface area contributed by atoms with Crippen LogP contribution in [-0.4, -0.2) is 24.8 Å². The van der Waals surface area contributed by atoms with Crippen LogP contribution in [0, 0.1) is 13.8 Å². The van der Waals surface area contributed by atoms with Crippen molar-refractivity contribution in [2.24, 2.45) is 0 Å². The number of benzene rings is 1. The number of halogens is 2. The van der Waals surface area contributed by atoms with E-state index in [9.17, 15) is 13.6 Å². The molecule has 1 heterocycles. The summed E-state index contributed by atoms with van der Waals surface area (Å²) in [5, 5.41) is 6.50. The van der Waals surface area contributed by atoms with Crippen molar-refractivity contribution in [2.45, 2.75) is 33.8 Å². The molecule has 0 bridgehead atoms. The number of hydrogen-bond donors (Lipinski definition) is 2. The number of nitrogens with one attached hydrogen (secondary N) is 2. The van der Waals surface area contributed by atoms with Gasteiger partial charge >= 0.3 is 12.6 Å². The molecule has 0 saturated heterocycles. The standard InChI is InChI=1S/C18H20F2N2O3S2/c1-5-11-10(3)27-15(14(11)16(23)24-4)22-18(26)21-12-8-9(2)6-7-13(12)25-17(19)20/h6-8,17H,5H2,1-4H3,(H2,21,22,26). The third-order valence-corrected chi connectivity index (χ3v) is 5.05. The van der Waals surface area contributed by atoms with Crippen molar-refractivity contribution < 1.29 is 23.0 Å². The minimum absolute atomic E-state index is 0.0236. The fourth-order valence-corrected chi connectivity index (χ4v) is 4.02. The topological polar surface area (TPSA) is 59.6 Å². The van der Waals surface area contributed by atoms with E-state index in [1.54, 1.807) is 12.1 Å². The number of thiophene rings is 1. The van der Waals surface area contributed by atoms with E-state index in [0.717, 1.165) is 16.0 Å². The number of thiocarbonyl (C=S) groups is 1. The van der Waals surface area contributed by atoms with Gasteiger partial charge in [-0.2, -0.15) is 8.78 Å². The van der Waals surface area contributed by atoms with Gasteiger partial charge in [-0.1, -0.05) is 13.0 Å². The fourth-order valence-electron chi connectivity index (χ4n) is 2.61. The molecule has 0 aliphatic carbocycles. The second kappa shape index (κ2) is 9.09. The van der Waals surface area contributed by atoms with Crippen LogP contribution in [0.15, 0.2) is 18.2 Å². The molecule has 2 rings (SSSR count). The summed E-state index contributed by atoms with van der Waals surface area (Å²) in [6, 6.07) is 4.74. The van der Waals surface area contributed by atoms with Gasteiger partial charge in [-0.15, -0.1) is 11.3 Å². The molecule has 0 atom stereocenters. The van der Waals surface area contributed by atoms with E-state index >= 15 is 0 Å². The number of carbonyl (C=O) groups excluding carboxylic acids is 1. The van der Waals surface area contributed by atoms with Crippen molar-refractivity contribution in [1.82, 2.24) is 0 Å². The van der Waals surface area contributed by atoms with Crippen LogP contribution in [0.2, 0.25) is 0 Å². The lowest BCUT2D eigenvalue weighted by Gasteiger charge is -2.15. The Morgan fingerprint density at radius 2 is 2.00 bits per heavy atom. The van der Waals surface area contributed by atoms with E-state index in [0.29, 0.717) is 22.7 Å². The number of alkyl halides is 2.